The number of benzene rings is 1. The molecule has 1 unspecified atom stereocenters. The molecular weight excluding hydrogens is 240 g/mol. The van der Waals surface area contributed by atoms with Crippen LogP contribution in [0.5, 0.6) is 0 Å². The molecule has 5 heteroatoms. The molecule has 0 aromatic heterocycles. The predicted molar refractivity (Wildman–Crippen MR) is 62.9 cm³/mol. The number of hydrogen-bond donors (Lipinski definition) is 2. The Morgan fingerprint density at radius 2 is 2.00 bits per heavy atom. The number of ether oxygens (including phenoxy) is 1. The first kappa shape index (κ1) is 13.4. The molecule has 0 saturated carbocycles. The van der Waals surface area contributed by atoms with Gasteiger partial charge in [0.05, 0.1) is 12.6 Å². The number of morpholine rings is 1. The van der Waals surface area contributed by atoms with E-state index in [4.69, 9.17) is 4.74 Å². The molecule has 0 radical (unpaired) electrons. The fourth-order valence-corrected chi connectivity index (χ4v) is 2.19. The van der Waals surface area contributed by atoms with Gasteiger partial charge in [-0.2, -0.15) is 0 Å². The summed E-state index contributed by atoms with van der Waals surface area (Å²) in [6.45, 7) is 5.89. The Bertz CT molecular complexity index is 464. The van der Waals surface area contributed by atoms with E-state index in [0.717, 1.165) is 12.1 Å². The van der Waals surface area contributed by atoms with E-state index in [1.807, 2.05) is 13.8 Å². The molecule has 2 N–H and O–H groups in total. The Kier molecular flexibility index (Phi) is 3.17. The molecule has 1 aromatic rings. The average molecular weight is 257 g/mol. The van der Waals surface area contributed by atoms with Crippen LogP contribution >= 0.6 is 0 Å². The van der Waals surface area contributed by atoms with Gasteiger partial charge in [0, 0.05) is 11.1 Å². The lowest BCUT2D eigenvalue weighted by molar-refractivity contribution is -0.263. The summed E-state index contributed by atoms with van der Waals surface area (Å²) in [4.78, 5) is 0. The van der Waals surface area contributed by atoms with Crippen LogP contribution in [0.25, 0.3) is 0 Å². The third-order valence-electron chi connectivity index (χ3n) is 3.18. The summed E-state index contributed by atoms with van der Waals surface area (Å²) in [7, 11) is 0. The molecule has 100 valence electrons. The lowest BCUT2D eigenvalue weighted by atomic mass is 9.92. The summed E-state index contributed by atoms with van der Waals surface area (Å²) < 4.78 is 31.6. The number of aliphatic hydroxyl groups is 1. The highest BCUT2D eigenvalue weighted by atomic mass is 19.2. The first-order valence-electron chi connectivity index (χ1n) is 5.84. The van der Waals surface area contributed by atoms with E-state index in [9.17, 15) is 13.9 Å². The Balaban J connectivity index is 2.34. The highest BCUT2D eigenvalue weighted by Gasteiger charge is 2.45. The van der Waals surface area contributed by atoms with Crippen molar-refractivity contribution < 1.29 is 18.6 Å². The van der Waals surface area contributed by atoms with Crippen LogP contribution in [0.2, 0.25) is 0 Å². The van der Waals surface area contributed by atoms with Crippen molar-refractivity contribution in [2.24, 2.45) is 0 Å². The molecule has 1 fully saturated rings. The zero-order chi connectivity index (χ0) is 13.6. The number of halogens is 2. The molecule has 0 aliphatic carbocycles. The maximum Gasteiger partial charge on any atom is 0.208 e. The monoisotopic (exact) mass is 257 g/mol. The first-order valence-corrected chi connectivity index (χ1v) is 5.84. The van der Waals surface area contributed by atoms with Crippen LogP contribution in [-0.2, 0) is 10.5 Å². The van der Waals surface area contributed by atoms with Crippen molar-refractivity contribution in [2.75, 3.05) is 6.61 Å². The van der Waals surface area contributed by atoms with Gasteiger partial charge in [0.15, 0.2) is 11.6 Å². The Hall–Kier alpha value is -1.04. The molecule has 3 nitrogen and oxygen atoms in total. The van der Waals surface area contributed by atoms with E-state index in [1.54, 1.807) is 6.92 Å². The van der Waals surface area contributed by atoms with Crippen molar-refractivity contribution in [3.8, 4) is 0 Å². The van der Waals surface area contributed by atoms with Gasteiger partial charge in [-0.15, -0.1) is 0 Å². The smallest absolute Gasteiger partial charge is 0.208 e. The third-order valence-corrected chi connectivity index (χ3v) is 3.18. The highest BCUT2D eigenvalue weighted by Crippen LogP contribution is 2.33. The van der Waals surface area contributed by atoms with E-state index in [2.05, 4.69) is 5.32 Å². The summed E-state index contributed by atoms with van der Waals surface area (Å²) in [6.07, 6.45) is 0. The van der Waals surface area contributed by atoms with Crippen molar-refractivity contribution in [1.29, 1.82) is 0 Å². The molecule has 1 aliphatic rings. The zero-order valence-corrected chi connectivity index (χ0v) is 10.6. The topological polar surface area (TPSA) is 41.5 Å². The van der Waals surface area contributed by atoms with Crippen molar-refractivity contribution in [3.63, 3.8) is 0 Å². The number of nitrogens with one attached hydrogen (secondary N) is 1. The van der Waals surface area contributed by atoms with Gasteiger partial charge in [-0.05, 0) is 32.9 Å². The normalized spacial score (nSPS) is 31.3. The lowest BCUT2D eigenvalue weighted by Gasteiger charge is -2.46. The van der Waals surface area contributed by atoms with Gasteiger partial charge >= 0.3 is 0 Å². The van der Waals surface area contributed by atoms with Crippen LogP contribution in [0.1, 0.15) is 26.3 Å². The van der Waals surface area contributed by atoms with Crippen LogP contribution in [-0.4, -0.2) is 23.3 Å². The highest BCUT2D eigenvalue weighted by molar-refractivity contribution is 5.24. The van der Waals surface area contributed by atoms with Crippen molar-refractivity contribution in [1.82, 2.24) is 5.32 Å². The van der Waals surface area contributed by atoms with Gasteiger partial charge in [-0.3, -0.25) is 0 Å². The molecule has 2 atom stereocenters. The molecule has 1 aromatic carbocycles. The fraction of sp³-hybridized carbons (Fsp3) is 0.538. The van der Waals surface area contributed by atoms with Gasteiger partial charge in [0.2, 0.25) is 5.79 Å². The quantitative estimate of drug-likeness (QED) is 0.807. The van der Waals surface area contributed by atoms with Gasteiger partial charge in [0.1, 0.15) is 0 Å². The minimum Gasteiger partial charge on any atom is -0.361 e. The maximum atomic E-state index is 13.2. The van der Waals surface area contributed by atoms with Crippen molar-refractivity contribution >= 4 is 0 Å². The molecule has 1 saturated heterocycles. The van der Waals surface area contributed by atoms with Crippen LogP contribution in [0, 0.1) is 11.6 Å². The summed E-state index contributed by atoms with van der Waals surface area (Å²) >= 11 is 0. The van der Waals surface area contributed by atoms with E-state index in [1.165, 1.54) is 6.07 Å². The van der Waals surface area contributed by atoms with Crippen LogP contribution in [0.4, 0.5) is 8.78 Å². The average Bonchev–Trinajstić information content (AvgIpc) is 2.27. The summed E-state index contributed by atoms with van der Waals surface area (Å²) in [5, 5.41) is 13.7. The Labute approximate surface area is 105 Å². The van der Waals surface area contributed by atoms with Gasteiger partial charge in [0.25, 0.3) is 0 Å². The second-order valence-electron chi connectivity index (χ2n) is 5.36. The predicted octanol–water partition coefficient (Wildman–Crippen LogP) is 1.90. The molecule has 1 heterocycles. The van der Waals surface area contributed by atoms with Crippen LogP contribution in [0.3, 0.4) is 0 Å². The van der Waals surface area contributed by atoms with Gasteiger partial charge < -0.3 is 15.2 Å². The minimum absolute atomic E-state index is 0.205. The molecule has 2 rings (SSSR count). The number of hydrogen-bond acceptors (Lipinski definition) is 3. The fourth-order valence-electron chi connectivity index (χ4n) is 2.19. The van der Waals surface area contributed by atoms with E-state index >= 15 is 0 Å². The second kappa shape index (κ2) is 4.26. The van der Waals surface area contributed by atoms with Crippen molar-refractivity contribution in [2.45, 2.75) is 38.1 Å². The first-order chi connectivity index (χ1) is 8.24. The standard InChI is InChI=1S/C13H17F2NO2/c1-8-13(17,18-7-12(2,3)16-8)9-4-5-10(14)11(15)6-9/h4-6,8,16-17H,7H2,1-3H3/t8?,13-/m1/s1. The van der Waals surface area contributed by atoms with Crippen LogP contribution in [0.15, 0.2) is 18.2 Å². The Morgan fingerprint density at radius 1 is 1.33 bits per heavy atom. The second-order valence-corrected chi connectivity index (χ2v) is 5.36. The summed E-state index contributed by atoms with van der Waals surface area (Å²) in [5.74, 6) is -3.59. The van der Waals surface area contributed by atoms with Gasteiger partial charge in [-0.25, -0.2) is 8.78 Å². The summed E-state index contributed by atoms with van der Waals surface area (Å²) in [5.41, 5.74) is -0.0681. The zero-order valence-electron chi connectivity index (χ0n) is 10.6. The molecule has 18 heavy (non-hydrogen) atoms. The molecule has 0 amide bonds. The van der Waals surface area contributed by atoms with E-state index in [-0.39, 0.29) is 17.7 Å². The minimum atomic E-state index is -1.65. The molecule has 1 aliphatic heterocycles. The lowest BCUT2D eigenvalue weighted by Crippen LogP contribution is -2.63. The Morgan fingerprint density at radius 3 is 2.56 bits per heavy atom. The van der Waals surface area contributed by atoms with Gasteiger partial charge in [-0.1, -0.05) is 6.07 Å². The molecule has 0 spiro atoms. The molecule has 0 bridgehead atoms. The SMILES string of the molecule is CC1NC(C)(C)CO[C@@]1(O)c1ccc(F)c(F)c1. The van der Waals surface area contributed by atoms with E-state index in [0.29, 0.717) is 0 Å². The molecular formula is C13H17F2NO2. The largest absolute Gasteiger partial charge is 0.361 e. The third kappa shape index (κ3) is 2.25. The van der Waals surface area contributed by atoms with E-state index < -0.39 is 23.5 Å². The number of rotatable bonds is 1. The van der Waals surface area contributed by atoms with Crippen molar-refractivity contribution in [3.05, 3.63) is 35.4 Å². The van der Waals surface area contributed by atoms with Crippen LogP contribution < -0.4 is 5.32 Å². The maximum absolute atomic E-state index is 13.2. The summed E-state index contributed by atoms with van der Waals surface area (Å²) in [6, 6.07) is 2.84.